The van der Waals surface area contributed by atoms with E-state index >= 15 is 0 Å². The van der Waals surface area contributed by atoms with Gasteiger partial charge in [-0.3, -0.25) is 19.3 Å². The van der Waals surface area contributed by atoms with Crippen LogP contribution >= 0.6 is 11.3 Å². The molecule has 7 nitrogen and oxygen atoms in total. The third-order valence-corrected chi connectivity index (χ3v) is 3.78. The average molecular weight is 326 g/mol. The summed E-state index contributed by atoms with van der Waals surface area (Å²) < 4.78 is 0. The molecule has 1 heterocycles. The number of primary amides is 1. The first-order valence-corrected chi connectivity index (χ1v) is 7.82. The summed E-state index contributed by atoms with van der Waals surface area (Å²) in [6.45, 7) is 2.89. The largest absolute Gasteiger partial charge is 0.366 e. The first kappa shape index (κ1) is 18.1. The molecule has 0 aliphatic heterocycles. The maximum absolute atomic E-state index is 12.1. The summed E-state index contributed by atoms with van der Waals surface area (Å²) in [4.78, 5) is 38.4. The van der Waals surface area contributed by atoms with E-state index in [-0.39, 0.29) is 24.9 Å². The molecule has 122 valence electrons. The Morgan fingerprint density at radius 3 is 2.50 bits per heavy atom. The van der Waals surface area contributed by atoms with Crippen LogP contribution in [0.5, 0.6) is 0 Å². The maximum Gasteiger partial charge on any atom is 0.251 e. The third kappa shape index (κ3) is 5.45. The van der Waals surface area contributed by atoms with E-state index in [9.17, 15) is 14.4 Å². The zero-order valence-electron chi connectivity index (χ0n) is 13.1. The lowest BCUT2D eigenvalue weighted by Crippen LogP contribution is -2.41. The molecular formula is C14H22N4O3S. The lowest BCUT2D eigenvalue weighted by molar-refractivity contribution is -0.130. The zero-order chi connectivity index (χ0) is 16.7. The fourth-order valence-electron chi connectivity index (χ4n) is 1.83. The van der Waals surface area contributed by atoms with E-state index < -0.39 is 5.91 Å². The van der Waals surface area contributed by atoms with Crippen LogP contribution < -0.4 is 11.1 Å². The quantitative estimate of drug-likeness (QED) is 0.730. The summed E-state index contributed by atoms with van der Waals surface area (Å²) in [7, 11) is 3.36. The van der Waals surface area contributed by atoms with E-state index in [0.717, 1.165) is 6.42 Å². The van der Waals surface area contributed by atoms with Gasteiger partial charge in [0.05, 0.1) is 18.7 Å². The molecule has 0 radical (unpaired) electrons. The summed E-state index contributed by atoms with van der Waals surface area (Å²) in [5, 5.41) is 4.80. The van der Waals surface area contributed by atoms with Crippen LogP contribution in [-0.2, 0) is 9.59 Å². The van der Waals surface area contributed by atoms with Gasteiger partial charge in [-0.15, -0.1) is 11.3 Å². The Kier molecular flexibility index (Phi) is 7.00. The SMILES string of the molecule is CCCN(CC(=O)Nc1sccc1C(N)=O)CC(=O)N(C)C. The number of nitrogens with zero attached hydrogens (tertiary/aromatic N) is 2. The van der Waals surface area contributed by atoms with Crippen molar-refractivity contribution in [1.29, 1.82) is 0 Å². The Morgan fingerprint density at radius 2 is 1.95 bits per heavy atom. The number of carbonyl (C=O) groups is 3. The van der Waals surface area contributed by atoms with Gasteiger partial charge in [-0.05, 0) is 24.4 Å². The molecule has 1 rings (SSSR count). The second-order valence-electron chi connectivity index (χ2n) is 5.07. The summed E-state index contributed by atoms with van der Waals surface area (Å²) in [5.41, 5.74) is 5.53. The van der Waals surface area contributed by atoms with Crippen molar-refractivity contribution < 1.29 is 14.4 Å². The topological polar surface area (TPSA) is 95.7 Å². The van der Waals surface area contributed by atoms with Crippen molar-refractivity contribution in [1.82, 2.24) is 9.80 Å². The second-order valence-corrected chi connectivity index (χ2v) is 5.99. The van der Waals surface area contributed by atoms with Gasteiger partial charge >= 0.3 is 0 Å². The molecule has 0 saturated carbocycles. The van der Waals surface area contributed by atoms with Gasteiger partial charge in [0.25, 0.3) is 5.91 Å². The van der Waals surface area contributed by atoms with Crippen LogP contribution in [0, 0.1) is 0 Å². The van der Waals surface area contributed by atoms with Gasteiger partial charge in [-0.1, -0.05) is 6.92 Å². The first-order chi connectivity index (χ1) is 10.3. The highest BCUT2D eigenvalue weighted by Crippen LogP contribution is 2.22. The number of anilines is 1. The number of thiophene rings is 1. The number of nitrogens with two attached hydrogens (primary N) is 1. The molecule has 0 fully saturated rings. The van der Waals surface area contributed by atoms with Crippen LogP contribution in [0.25, 0.3) is 0 Å². The molecule has 0 saturated heterocycles. The Hall–Kier alpha value is -1.93. The first-order valence-electron chi connectivity index (χ1n) is 6.94. The summed E-state index contributed by atoms with van der Waals surface area (Å²) in [5.74, 6) is -0.912. The zero-order valence-corrected chi connectivity index (χ0v) is 13.9. The molecule has 0 aliphatic rings. The number of hydrogen-bond acceptors (Lipinski definition) is 5. The summed E-state index contributed by atoms with van der Waals surface area (Å²) in [6.07, 6.45) is 0.833. The highest BCUT2D eigenvalue weighted by molar-refractivity contribution is 7.14. The second kappa shape index (κ2) is 8.50. The fraction of sp³-hybridized carbons (Fsp3) is 0.500. The van der Waals surface area contributed by atoms with Gasteiger partial charge in [-0.25, -0.2) is 0 Å². The number of amides is 3. The van der Waals surface area contributed by atoms with Crippen molar-refractivity contribution in [2.24, 2.45) is 5.73 Å². The monoisotopic (exact) mass is 326 g/mol. The van der Waals surface area contributed by atoms with Gasteiger partial charge < -0.3 is 16.0 Å². The van der Waals surface area contributed by atoms with Gasteiger partial charge in [0.2, 0.25) is 11.8 Å². The molecule has 0 spiro atoms. The van der Waals surface area contributed by atoms with E-state index in [1.54, 1.807) is 30.4 Å². The molecule has 1 aromatic rings. The molecule has 3 amide bonds. The summed E-state index contributed by atoms with van der Waals surface area (Å²) in [6, 6.07) is 1.57. The van der Waals surface area contributed by atoms with Crippen LogP contribution in [0.1, 0.15) is 23.7 Å². The average Bonchev–Trinajstić information content (AvgIpc) is 2.86. The van der Waals surface area contributed by atoms with E-state index in [0.29, 0.717) is 17.1 Å². The lowest BCUT2D eigenvalue weighted by Gasteiger charge is -2.22. The van der Waals surface area contributed by atoms with Gasteiger partial charge in [0.1, 0.15) is 5.00 Å². The minimum atomic E-state index is -0.579. The Bertz CT molecular complexity index is 542. The predicted molar refractivity (Wildman–Crippen MR) is 86.9 cm³/mol. The number of nitrogens with one attached hydrogen (secondary N) is 1. The van der Waals surface area contributed by atoms with Gasteiger partial charge in [-0.2, -0.15) is 0 Å². The van der Waals surface area contributed by atoms with Crippen molar-refractivity contribution in [3.05, 3.63) is 17.0 Å². The maximum atomic E-state index is 12.1. The third-order valence-electron chi connectivity index (χ3n) is 2.95. The van der Waals surface area contributed by atoms with E-state index in [1.165, 1.54) is 16.2 Å². The smallest absolute Gasteiger partial charge is 0.251 e. The minimum Gasteiger partial charge on any atom is -0.366 e. The standard InChI is InChI=1S/C14H22N4O3S/c1-4-6-18(9-12(20)17(2)3)8-11(19)16-14-10(13(15)21)5-7-22-14/h5,7H,4,6,8-9H2,1-3H3,(H2,15,21)(H,16,19). The van der Waals surface area contributed by atoms with Crippen LogP contribution in [0.3, 0.4) is 0 Å². The molecular weight excluding hydrogens is 304 g/mol. The van der Waals surface area contributed by atoms with Crippen molar-refractivity contribution in [2.75, 3.05) is 39.0 Å². The molecule has 0 aromatic carbocycles. The fourth-order valence-corrected chi connectivity index (χ4v) is 2.64. The van der Waals surface area contributed by atoms with Gasteiger partial charge in [0, 0.05) is 14.1 Å². The van der Waals surface area contributed by atoms with E-state index in [2.05, 4.69) is 5.32 Å². The number of carbonyl (C=O) groups excluding carboxylic acids is 3. The number of rotatable bonds is 8. The highest BCUT2D eigenvalue weighted by atomic mass is 32.1. The predicted octanol–water partition coefficient (Wildman–Crippen LogP) is 0.586. The Morgan fingerprint density at radius 1 is 1.27 bits per heavy atom. The van der Waals surface area contributed by atoms with E-state index in [4.69, 9.17) is 5.73 Å². The van der Waals surface area contributed by atoms with Crippen molar-refractivity contribution in [3.63, 3.8) is 0 Å². The normalized spacial score (nSPS) is 10.5. The van der Waals surface area contributed by atoms with Crippen LogP contribution in [0.15, 0.2) is 11.4 Å². The summed E-state index contributed by atoms with van der Waals surface area (Å²) >= 11 is 1.24. The van der Waals surface area contributed by atoms with Crippen molar-refractivity contribution in [2.45, 2.75) is 13.3 Å². The molecule has 1 aromatic heterocycles. The Balaban J connectivity index is 2.65. The highest BCUT2D eigenvalue weighted by Gasteiger charge is 2.17. The molecule has 0 bridgehead atoms. The van der Waals surface area contributed by atoms with Crippen LogP contribution in [0.2, 0.25) is 0 Å². The van der Waals surface area contributed by atoms with E-state index in [1.807, 2.05) is 6.92 Å². The van der Waals surface area contributed by atoms with Crippen molar-refractivity contribution in [3.8, 4) is 0 Å². The van der Waals surface area contributed by atoms with Crippen molar-refractivity contribution >= 4 is 34.1 Å². The lowest BCUT2D eigenvalue weighted by atomic mass is 10.3. The number of hydrogen-bond donors (Lipinski definition) is 2. The molecule has 0 atom stereocenters. The minimum absolute atomic E-state index is 0.0600. The van der Waals surface area contributed by atoms with Crippen LogP contribution in [0.4, 0.5) is 5.00 Å². The molecule has 0 unspecified atom stereocenters. The number of likely N-dealkylation sites (N-methyl/N-ethyl adjacent to an activating group) is 1. The molecule has 0 aliphatic carbocycles. The molecule has 3 N–H and O–H groups in total. The Labute approximate surface area is 134 Å². The molecule has 8 heteroatoms. The molecule has 22 heavy (non-hydrogen) atoms. The van der Waals surface area contributed by atoms with Crippen LogP contribution in [-0.4, -0.2) is 61.3 Å². The van der Waals surface area contributed by atoms with Gasteiger partial charge in [0.15, 0.2) is 0 Å².